The molecule has 2 aromatic heterocycles. The van der Waals surface area contributed by atoms with Gasteiger partial charge in [0, 0.05) is 37.8 Å². The number of aryl methyl sites for hydroxylation is 2. The summed E-state index contributed by atoms with van der Waals surface area (Å²) < 4.78 is 10.8. The molecule has 0 aromatic carbocycles. The third kappa shape index (κ3) is 8.18. The number of nitrogens with zero attached hydrogens (tertiary/aromatic N) is 2. The van der Waals surface area contributed by atoms with E-state index < -0.39 is 0 Å². The number of guanidine groups is 1. The van der Waals surface area contributed by atoms with Crippen molar-refractivity contribution in [1.29, 1.82) is 0 Å². The Morgan fingerprint density at radius 2 is 2.12 bits per heavy atom. The topological polar surface area (TPSA) is 71.7 Å². The van der Waals surface area contributed by atoms with Gasteiger partial charge in [0.05, 0.1) is 11.3 Å². The maximum atomic E-state index is 5.55. The van der Waals surface area contributed by atoms with Crippen LogP contribution in [0.25, 0.3) is 0 Å². The fourth-order valence-electron chi connectivity index (χ4n) is 2.29. The van der Waals surface area contributed by atoms with Crippen molar-refractivity contribution in [3.63, 3.8) is 0 Å². The van der Waals surface area contributed by atoms with Gasteiger partial charge in [0.25, 0.3) is 0 Å². The van der Waals surface area contributed by atoms with E-state index in [9.17, 15) is 0 Å². The molecule has 0 fully saturated rings. The van der Waals surface area contributed by atoms with E-state index in [-0.39, 0.29) is 0 Å². The molecule has 7 heteroatoms. The van der Waals surface area contributed by atoms with E-state index >= 15 is 0 Å². The fourth-order valence-corrected chi connectivity index (χ4v) is 3.11. The second kappa shape index (κ2) is 11.7. The molecule has 2 N–H and O–H groups in total. The van der Waals surface area contributed by atoms with E-state index in [0.29, 0.717) is 13.2 Å². The minimum Gasteiger partial charge on any atom is -0.467 e. The van der Waals surface area contributed by atoms with Crippen molar-refractivity contribution in [1.82, 2.24) is 15.6 Å². The summed E-state index contributed by atoms with van der Waals surface area (Å²) in [6, 6.07) is 3.79. The van der Waals surface area contributed by atoms with Crippen LogP contribution in [-0.4, -0.2) is 37.7 Å². The van der Waals surface area contributed by atoms with Gasteiger partial charge in [0.1, 0.15) is 12.4 Å². The van der Waals surface area contributed by atoms with Crippen LogP contribution in [0.4, 0.5) is 0 Å². The molecule has 2 heterocycles. The minimum absolute atomic E-state index is 0.526. The average Bonchev–Trinajstić information content (AvgIpc) is 3.27. The molecular formula is C18H28N4O2S. The molecule has 25 heavy (non-hydrogen) atoms. The number of nitrogens with one attached hydrogen (secondary N) is 2. The smallest absolute Gasteiger partial charge is 0.190 e. The maximum absolute atomic E-state index is 5.55. The van der Waals surface area contributed by atoms with Crippen LogP contribution in [0.5, 0.6) is 0 Å². The Hall–Kier alpha value is -1.86. The number of thiazole rings is 1. The van der Waals surface area contributed by atoms with Crippen molar-refractivity contribution < 1.29 is 9.15 Å². The Labute approximate surface area is 153 Å². The zero-order valence-electron chi connectivity index (χ0n) is 15.1. The standard InChI is InChI=1S/C18H28N4O2S/c1-15-14-25-17(22-15)8-3-4-9-20-18(19-2)21-10-6-11-23-13-16-7-5-12-24-16/h5,7,12,14H,3-4,6,8-11,13H2,1-2H3,(H2,19,20,21). The Bertz CT molecular complexity index is 610. The van der Waals surface area contributed by atoms with E-state index in [4.69, 9.17) is 9.15 Å². The summed E-state index contributed by atoms with van der Waals surface area (Å²) in [7, 11) is 1.79. The molecule has 0 amide bonds. The first-order valence-electron chi connectivity index (χ1n) is 8.73. The molecule has 0 unspecified atom stereocenters. The third-order valence-corrected chi connectivity index (χ3v) is 4.61. The predicted octanol–water partition coefficient (Wildman–Crippen LogP) is 3.14. The summed E-state index contributed by atoms with van der Waals surface area (Å²) in [6.07, 6.45) is 5.88. The SMILES string of the molecule is CN=C(NCCCCc1nc(C)cs1)NCCCOCc1ccco1. The van der Waals surface area contributed by atoms with Gasteiger partial charge in [0.2, 0.25) is 0 Å². The monoisotopic (exact) mass is 364 g/mol. The fraction of sp³-hybridized carbons (Fsp3) is 0.556. The second-order valence-corrected chi connectivity index (χ2v) is 6.69. The van der Waals surface area contributed by atoms with Gasteiger partial charge in [0.15, 0.2) is 5.96 Å². The number of hydrogen-bond donors (Lipinski definition) is 2. The van der Waals surface area contributed by atoms with Crippen molar-refractivity contribution >= 4 is 17.3 Å². The number of ether oxygens (including phenoxy) is 1. The number of aliphatic imine (C=N–C) groups is 1. The van der Waals surface area contributed by atoms with Crippen molar-refractivity contribution in [2.45, 2.75) is 39.2 Å². The van der Waals surface area contributed by atoms with E-state index in [1.807, 2.05) is 19.1 Å². The van der Waals surface area contributed by atoms with Crippen molar-refractivity contribution in [2.24, 2.45) is 4.99 Å². The quantitative estimate of drug-likeness (QED) is 0.364. The first kappa shape index (κ1) is 19.5. The van der Waals surface area contributed by atoms with Crippen molar-refractivity contribution in [3.05, 3.63) is 40.2 Å². The van der Waals surface area contributed by atoms with Crippen LogP contribution in [0.2, 0.25) is 0 Å². The highest BCUT2D eigenvalue weighted by molar-refractivity contribution is 7.09. The molecule has 0 aliphatic rings. The number of furan rings is 1. The van der Waals surface area contributed by atoms with Gasteiger partial charge in [-0.3, -0.25) is 4.99 Å². The number of hydrogen-bond acceptors (Lipinski definition) is 5. The van der Waals surface area contributed by atoms with Crippen molar-refractivity contribution in [2.75, 3.05) is 26.7 Å². The molecule has 0 aliphatic carbocycles. The average molecular weight is 365 g/mol. The van der Waals surface area contributed by atoms with E-state index in [0.717, 1.165) is 56.2 Å². The van der Waals surface area contributed by atoms with Crippen LogP contribution < -0.4 is 10.6 Å². The molecule has 2 rings (SSSR count). The van der Waals surface area contributed by atoms with E-state index in [1.54, 1.807) is 24.6 Å². The highest BCUT2D eigenvalue weighted by atomic mass is 32.1. The molecule has 0 bridgehead atoms. The van der Waals surface area contributed by atoms with Crippen LogP contribution >= 0.6 is 11.3 Å². The van der Waals surface area contributed by atoms with Gasteiger partial charge in [-0.1, -0.05) is 0 Å². The molecule has 6 nitrogen and oxygen atoms in total. The summed E-state index contributed by atoms with van der Waals surface area (Å²) in [4.78, 5) is 8.72. The molecule has 0 spiro atoms. The number of unbranched alkanes of at least 4 members (excludes halogenated alkanes) is 1. The lowest BCUT2D eigenvalue weighted by atomic mass is 10.2. The zero-order valence-corrected chi connectivity index (χ0v) is 15.9. The molecular weight excluding hydrogens is 336 g/mol. The highest BCUT2D eigenvalue weighted by Gasteiger charge is 2.00. The van der Waals surface area contributed by atoms with Crippen LogP contribution in [0.15, 0.2) is 33.2 Å². The molecule has 0 aliphatic heterocycles. The van der Waals surface area contributed by atoms with Crippen molar-refractivity contribution in [3.8, 4) is 0 Å². The van der Waals surface area contributed by atoms with Gasteiger partial charge in [-0.25, -0.2) is 4.98 Å². The summed E-state index contributed by atoms with van der Waals surface area (Å²) in [5.74, 6) is 1.70. The summed E-state index contributed by atoms with van der Waals surface area (Å²) in [5, 5.41) is 9.98. The lowest BCUT2D eigenvalue weighted by Gasteiger charge is -2.11. The number of aromatic nitrogens is 1. The first-order valence-corrected chi connectivity index (χ1v) is 9.61. The molecule has 0 radical (unpaired) electrons. The minimum atomic E-state index is 0.526. The van der Waals surface area contributed by atoms with Gasteiger partial charge in [-0.2, -0.15) is 0 Å². The highest BCUT2D eigenvalue weighted by Crippen LogP contribution is 2.11. The molecule has 0 saturated heterocycles. The Morgan fingerprint density at radius 1 is 1.28 bits per heavy atom. The van der Waals surface area contributed by atoms with Crippen LogP contribution in [0.1, 0.15) is 35.7 Å². The largest absolute Gasteiger partial charge is 0.467 e. The zero-order chi connectivity index (χ0) is 17.7. The van der Waals surface area contributed by atoms with Crippen LogP contribution in [0, 0.1) is 6.92 Å². The van der Waals surface area contributed by atoms with Gasteiger partial charge >= 0.3 is 0 Å². The third-order valence-electron chi connectivity index (χ3n) is 3.58. The van der Waals surface area contributed by atoms with Crippen LogP contribution in [0.3, 0.4) is 0 Å². The van der Waals surface area contributed by atoms with E-state index in [2.05, 4.69) is 26.0 Å². The Kier molecular flexibility index (Phi) is 9.07. The normalized spacial score (nSPS) is 11.7. The van der Waals surface area contributed by atoms with Crippen LogP contribution in [-0.2, 0) is 17.8 Å². The molecule has 2 aromatic rings. The first-order chi connectivity index (χ1) is 12.3. The lowest BCUT2D eigenvalue weighted by molar-refractivity contribution is 0.105. The molecule has 0 saturated carbocycles. The second-order valence-electron chi connectivity index (χ2n) is 5.75. The molecule has 138 valence electrons. The summed E-state index contributed by atoms with van der Waals surface area (Å²) >= 11 is 1.75. The van der Waals surface area contributed by atoms with Gasteiger partial charge in [-0.15, -0.1) is 11.3 Å². The summed E-state index contributed by atoms with van der Waals surface area (Å²) in [5.41, 5.74) is 1.12. The Balaban J connectivity index is 1.45. The summed E-state index contributed by atoms with van der Waals surface area (Å²) in [6.45, 7) is 5.00. The maximum Gasteiger partial charge on any atom is 0.190 e. The molecule has 0 atom stereocenters. The Morgan fingerprint density at radius 3 is 2.80 bits per heavy atom. The van der Waals surface area contributed by atoms with Gasteiger partial charge < -0.3 is 19.8 Å². The lowest BCUT2D eigenvalue weighted by Crippen LogP contribution is -2.38. The van der Waals surface area contributed by atoms with E-state index in [1.165, 1.54) is 5.01 Å². The van der Waals surface area contributed by atoms with Gasteiger partial charge in [-0.05, 0) is 44.7 Å². The number of rotatable bonds is 11. The predicted molar refractivity (Wildman–Crippen MR) is 102 cm³/mol.